The standard InChI is InChI=1S/C6H18N2O3Si/c1-9-12(10-2,11-3)6-8-5-4-7/h8H,4-7H2,1-3H3. The van der Waals surface area contributed by atoms with E-state index in [1.54, 1.807) is 21.3 Å². The van der Waals surface area contributed by atoms with Gasteiger partial charge in [0.05, 0.1) is 6.17 Å². The van der Waals surface area contributed by atoms with E-state index >= 15 is 0 Å². The maximum absolute atomic E-state index is 5.31. The van der Waals surface area contributed by atoms with E-state index in [1.807, 2.05) is 0 Å². The van der Waals surface area contributed by atoms with Crippen molar-refractivity contribution in [2.75, 3.05) is 40.6 Å². The lowest BCUT2D eigenvalue weighted by Crippen LogP contribution is -2.52. The van der Waals surface area contributed by atoms with Gasteiger partial charge in [-0.25, -0.2) is 0 Å². The van der Waals surface area contributed by atoms with Gasteiger partial charge in [0.2, 0.25) is 0 Å². The molecule has 0 heterocycles. The molecule has 0 fully saturated rings. The van der Waals surface area contributed by atoms with Crippen LogP contribution in [-0.2, 0) is 13.3 Å². The first-order chi connectivity index (χ1) is 5.74. The second-order valence-corrected chi connectivity index (χ2v) is 5.21. The van der Waals surface area contributed by atoms with E-state index in [4.69, 9.17) is 19.0 Å². The summed E-state index contributed by atoms with van der Waals surface area (Å²) in [6.07, 6.45) is 0.591. The highest BCUT2D eigenvalue weighted by atomic mass is 28.4. The van der Waals surface area contributed by atoms with Gasteiger partial charge in [-0.2, -0.15) is 0 Å². The summed E-state index contributed by atoms with van der Waals surface area (Å²) in [4.78, 5) is 0. The molecular weight excluding hydrogens is 176 g/mol. The Balaban J connectivity index is 3.76. The molecule has 0 spiro atoms. The van der Waals surface area contributed by atoms with E-state index in [9.17, 15) is 0 Å². The van der Waals surface area contributed by atoms with Crippen molar-refractivity contribution in [1.29, 1.82) is 0 Å². The third-order valence-electron chi connectivity index (χ3n) is 1.60. The first-order valence-electron chi connectivity index (χ1n) is 3.81. The molecule has 0 radical (unpaired) electrons. The summed E-state index contributed by atoms with van der Waals surface area (Å²) in [6.45, 7) is 1.34. The first-order valence-corrected chi connectivity index (χ1v) is 5.74. The Morgan fingerprint density at radius 2 is 1.67 bits per heavy atom. The van der Waals surface area contributed by atoms with Crippen molar-refractivity contribution < 1.29 is 13.3 Å². The van der Waals surface area contributed by atoms with Crippen LogP contribution in [0.5, 0.6) is 0 Å². The van der Waals surface area contributed by atoms with Crippen molar-refractivity contribution in [2.24, 2.45) is 5.73 Å². The number of hydrogen-bond acceptors (Lipinski definition) is 5. The Labute approximate surface area is 74.5 Å². The van der Waals surface area contributed by atoms with Crippen molar-refractivity contribution in [1.82, 2.24) is 5.32 Å². The van der Waals surface area contributed by atoms with Crippen LogP contribution in [0.4, 0.5) is 0 Å². The topological polar surface area (TPSA) is 65.7 Å². The zero-order chi connectivity index (χ0) is 9.45. The summed E-state index contributed by atoms with van der Waals surface area (Å²) in [7, 11) is 2.34. The number of rotatable bonds is 7. The number of nitrogens with one attached hydrogen (secondary N) is 1. The molecule has 5 nitrogen and oxygen atoms in total. The summed E-state index contributed by atoms with van der Waals surface area (Å²) in [5.41, 5.74) is 5.31. The van der Waals surface area contributed by atoms with Gasteiger partial charge in [-0.05, 0) is 0 Å². The minimum Gasteiger partial charge on any atom is -0.376 e. The normalized spacial score (nSPS) is 12.0. The molecule has 0 saturated heterocycles. The predicted octanol–water partition coefficient (Wildman–Crippen LogP) is -1.05. The predicted molar refractivity (Wildman–Crippen MR) is 48.7 cm³/mol. The fourth-order valence-corrected chi connectivity index (χ4v) is 2.23. The minimum absolute atomic E-state index is 0.591. The van der Waals surface area contributed by atoms with Gasteiger partial charge in [-0.3, -0.25) is 0 Å². The van der Waals surface area contributed by atoms with Crippen LogP contribution in [0.2, 0.25) is 0 Å². The van der Waals surface area contributed by atoms with Gasteiger partial charge in [0.15, 0.2) is 0 Å². The van der Waals surface area contributed by atoms with Crippen molar-refractivity contribution >= 4 is 8.80 Å². The average molecular weight is 194 g/mol. The molecule has 0 atom stereocenters. The summed E-state index contributed by atoms with van der Waals surface area (Å²) >= 11 is 0. The maximum Gasteiger partial charge on any atom is 0.514 e. The van der Waals surface area contributed by atoms with E-state index in [0.717, 1.165) is 6.54 Å². The summed E-state index contributed by atoms with van der Waals surface area (Å²) in [5, 5.41) is 3.09. The maximum atomic E-state index is 5.31. The SMILES string of the molecule is CO[Si](CNCCN)(OC)OC. The van der Waals surface area contributed by atoms with Gasteiger partial charge in [-0.15, -0.1) is 0 Å². The molecule has 0 amide bonds. The minimum atomic E-state index is -2.42. The molecule has 0 aliphatic carbocycles. The largest absolute Gasteiger partial charge is 0.514 e. The molecule has 12 heavy (non-hydrogen) atoms. The fourth-order valence-electron chi connectivity index (χ4n) is 0.810. The highest BCUT2D eigenvalue weighted by molar-refractivity contribution is 6.60. The molecule has 0 aliphatic heterocycles. The first kappa shape index (κ1) is 12.0. The molecule has 0 rings (SSSR count). The Hall–Kier alpha value is 0.0169. The second kappa shape index (κ2) is 6.52. The summed E-state index contributed by atoms with van der Waals surface area (Å²) < 4.78 is 15.5. The lowest BCUT2D eigenvalue weighted by molar-refractivity contribution is 0.122. The number of nitrogens with two attached hydrogens (primary N) is 1. The smallest absolute Gasteiger partial charge is 0.376 e. The quantitative estimate of drug-likeness (QED) is 0.400. The Bertz CT molecular complexity index is 103. The highest BCUT2D eigenvalue weighted by Gasteiger charge is 2.37. The van der Waals surface area contributed by atoms with Crippen LogP contribution in [0, 0.1) is 0 Å². The second-order valence-electron chi connectivity index (χ2n) is 2.26. The number of hydrogen-bond donors (Lipinski definition) is 2. The molecule has 0 aromatic heterocycles. The van der Waals surface area contributed by atoms with Crippen molar-refractivity contribution in [2.45, 2.75) is 0 Å². The van der Waals surface area contributed by atoms with Crippen LogP contribution in [0.3, 0.4) is 0 Å². The van der Waals surface area contributed by atoms with Crippen LogP contribution in [-0.4, -0.2) is 49.4 Å². The van der Waals surface area contributed by atoms with Crippen LogP contribution < -0.4 is 11.1 Å². The molecular formula is C6H18N2O3Si. The highest BCUT2D eigenvalue weighted by Crippen LogP contribution is 2.02. The molecule has 0 aromatic rings. The van der Waals surface area contributed by atoms with Gasteiger partial charge in [0.1, 0.15) is 0 Å². The van der Waals surface area contributed by atoms with E-state index in [2.05, 4.69) is 5.32 Å². The lowest BCUT2D eigenvalue weighted by atomic mass is 10.7. The van der Waals surface area contributed by atoms with E-state index < -0.39 is 8.80 Å². The Kier molecular flexibility index (Phi) is 6.53. The molecule has 3 N–H and O–H groups in total. The van der Waals surface area contributed by atoms with E-state index in [0.29, 0.717) is 12.7 Å². The van der Waals surface area contributed by atoms with Gasteiger partial charge in [0.25, 0.3) is 0 Å². The van der Waals surface area contributed by atoms with Gasteiger partial charge >= 0.3 is 8.80 Å². The van der Waals surface area contributed by atoms with E-state index in [-0.39, 0.29) is 0 Å². The molecule has 0 aliphatic rings. The molecule has 0 bridgehead atoms. The van der Waals surface area contributed by atoms with Crippen LogP contribution in [0.1, 0.15) is 0 Å². The summed E-state index contributed by atoms with van der Waals surface area (Å²) in [5.74, 6) is 0. The molecule has 74 valence electrons. The molecule has 6 heteroatoms. The van der Waals surface area contributed by atoms with Crippen LogP contribution in [0.15, 0.2) is 0 Å². The van der Waals surface area contributed by atoms with E-state index in [1.165, 1.54) is 0 Å². The van der Waals surface area contributed by atoms with Crippen molar-refractivity contribution in [3.63, 3.8) is 0 Å². The van der Waals surface area contributed by atoms with Crippen molar-refractivity contribution in [3.8, 4) is 0 Å². The van der Waals surface area contributed by atoms with Gasteiger partial charge < -0.3 is 24.3 Å². The lowest BCUT2D eigenvalue weighted by Gasteiger charge is -2.24. The zero-order valence-corrected chi connectivity index (χ0v) is 8.92. The third kappa shape index (κ3) is 3.61. The van der Waals surface area contributed by atoms with Crippen LogP contribution in [0.25, 0.3) is 0 Å². The monoisotopic (exact) mass is 194 g/mol. The zero-order valence-electron chi connectivity index (χ0n) is 7.92. The summed E-state index contributed by atoms with van der Waals surface area (Å²) in [6, 6.07) is 0. The fraction of sp³-hybridized carbons (Fsp3) is 1.00. The Morgan fingerprint density at radius 3 is 2.00 bits per heavy atom. The van der Waals surface area contributed by atoms with Crippen molar-refractivity contribution in [3.05, 3.63) is 0 Å². The average Bonchev–Trinajstić information content (AvgIpc) is 2.14. The van der Waals surface area contributed by atoms with Crippen LogP contribution >= 0.6 is 0 Å². The third-order valence-corrected chi connectivity index (χ3v) is 4.14. The van der Waals surface area contributed by atoms with Gasteiger partial charge in [-0.1, -0.05) is 0 Å². The molecule has 0 aromatic carbocycles. The van der Waals surface area contributed by atoms with Gasteiger partial charge in [0, 0.05) is 34.4 Å². The molecule has 0 unspecified atom stereocenters. The Morgan fingerprint density at radius 1 is 1.17 bits per heavy atom. The molecule has 0 saturated carbocycles.